The zero-order chi connectivity index (χ0) is 21.1. The van der Waals surface area contributed by atoms with Crippen LogP contribution in [0.2, 0.25) is 0 Å². The van der Waals surface area contributed by atoms with E-state index in [1.807, 2.05) is 30.3 Å². The molecule has 2 atom stereocenters. The normalized spacial score (nSPS) is 17.9. The molecule has 0 radical (unpaired) electrons. The lowest BCUT2D eigenvalue weighted by molar-refractivity contribution is 0.0923. The Morgan fingerprint density at radius 2 is 1.87 bits per heavy atom. The zero-order valence-electron chi connectivity index (χ0n) is 18.2. The maximum Gasteiger partial charge on any atom is 0.119 e. The molecule has 0 aliphatic heterocycles. The van der Waals surface area contributed by atoms with Crippen molar-refractivity contribution in [2.24, 2.45) is 0 Å². The minimum Gasteiger partial charge on any atom is -0.491 e. The molecule has 4 nitrogen and oxygen atoms in total. The summed E-state index contributed by atoms with van der Waals surface area (Å²) in [5.74, 6) is 2.27. The third-order valence-corrected chi connectivity index (χ3v) is 5.87. The van der Waals surface area contributed by atoms with Crippen molar-refractivity contribution in [1.29, 1.82) is 0 Å². The van der Waals surface area contributed by atoms with E-state index in [2.05, 4.69) is 55.7 Å². The highest BCUT2D eigenvalue weighted by Gasteiger charge is 2.22. The van der Waals surface area contributed by atoms with Crippen molar-refractivity contribution in [2.75, 3.05) is 6.61 Å². The molecule has 30 heavy (non-hydrogen) atoms. The zero-order valence-corrected chi connectivity index (χ0v) is 18.2. The van der Waals surface area contributed by atoms with Crippen molar-refractivity contribution in [3.63, 3.8) is 0 Å². The van der Waals surface area contributed by atoms with Crippen LogP contribution in [-0.4, -0.2) is 27.4 Å². The molecule has 1 aliphatic rings. The Labute approximate surface area is 179 Å². The average Bonchev–Trinajstić information content (AvgIpc) is 3.11. The van der Waals surface area contributed by atoms with E-state index >= 15 is 0 Å². The van der Waals surface area contributed by atoms with Gasteiger partial charge >= 0.3 is 0 Å². The molecule has 2 aromatic carbocycles. The van der Waals surface area contributed by atoms with E-state index in [1.165, 1.54) is 5.56 Å². The smallest absolute Gasteiger partial charge is 0.119 e. The summed E-state index contributed by atoms with van der Waals surface area (Å²) in [6.45, 7) is 7.33. The van der Waals surface area contributed by atoms with Crippen LogP contribution in [0.15, 0.2) is 60.7 Å². The van der Waals surface area contributed by atoms with Gasteiger partial charge in [0.1, 0.15) is 24.3 Å². The Kier molecular flexibility index (Phi) is 5.96. The van der Waals surface area contributed by atoms with Gasteiger partial charge in [-0.25, -0.2) is 4.98 Å². The highest BCUT2D eigenvalue weighted by Crippen LogP contribution is 2.31. The lowest BCUT2D eigenvalue weighted by Gasteiger charge is -2.21. The maximum atomic E-state index is 10.8. The quantitative estimate of drug-likeness (QED) is 0.544. The van der Waals surface area contributed by atoms with Crippen molar-refractivity contribution >= 4 is 11.0 Å². The summed E-state index contributed by atoms with van der Waals surface area (Å²) >= 11 is 0. The molecule has 1 aliphatic carbocycles. The molecule has 0 amide bonds. The van der Waals surface area contributed by atoms with Gasteiger partial charge in [-0.3, -0.25) is 0 Å². The van der Waals surface area contributed by atoms with Gasteiger partial charge in [0.05, 0.1) is 17.6 Å². The predicted octanol–water partition coefficient (Wildman–Crippen LogP) is 5.60. The Bertz CT molecular complexity index is 1010. The third kappa shape index (κ3) is 4.59. The van der Waals surface area contributed by atoms with Gasteiger partial charge in [-0.2, -0.15) is 0 Å². The van der Waals surface area contributed by atoms with E-state index in [-0.39, 0.29) is 12.0 Å². The van der Waals surface area contributed by atoms with Gasteiger partial charge in [0.15, 0.2) is 0 Å². The molecular weight excluding hydrogens is 372 g/mol. The summed E-state index contributed by atoms with van der Waals surface area (Å²) in [7, 11) is 0. The highest BCUT2D eigenvalue weighted by molar-refractivity contribution is 5.76. The molecule has 4 rings (SSSR count). The molecule has 4 heteroatoms. The van der Waals surface area contributed by atoms with Crippen LogP contribution < -0.4 is 4.74 Å². The van der Waals surface area contributed by atoms with Gasteiger partial charge in [-0.05, 0) is 54.5 Å². The van der Waals surface area contributed by atoms with E-state index < -0.39 is 6.10 Å². The van der Waals surface area contributed by atoms with Crippen LogP contribution in [0.1, 0.15) is 57.3 Å². The molecule has 0 bridgehead atoms. The van der Waals surface area contributed by atoms with Crippen molar-refractivity contribution in [2.45, 2.75) is 64.0 Å². The number of aliphatic hydroxyl groups is 1. The maximum absolute atomic E-state index is 10.8. The minimum atomic E-state index is -0.609. The summed E-state index contributed by atoms with van der Waals surface area (Å²) in [6.07, 6.45) is 7.09. The molecule has 1 N–H and O–H groups in total. The van der Waals surface area contributed by atoms with Crippen molar-refractivity contribution in [3.05, 3.63) is 72.1 Å². The van der Waals surface area contributed by atoms with E-state index in [0.29, 0.717) is 12.5 Å². The number of nitrogens with zero attached hydrogens (tertiary/aromatic N) is 2. The largest absolute Gasteiger partial charge is 0.491 e. The van der Waals surface area contributed by atoms with E-state index in [4.69, 9.17) is 9.72 Å². The van der Waals surface area contributed by atoms with E-state index in [1.54, 1.807) is 0 Å². The van der Waals surface area contributed by atoms with Crippen molar-refractivity contribution < 1.29 is 9.84 Å². The molecule has 0 unspecified atom stereocenters. The number of imidazole rings is 1. The number of rotatable bonds is 6. The van der Waals surface area contributed by atoms with Crippen LogP contribution in [0.5, 0.6) is 5.75 Å². The Balaban J connectivity index is 1.47. The van der Waals surface area contributed by atoms with E-state index in [9.17, 15) is 5.11 Å². The second-order valence-corrected chi connectivity index (χ2v) is 9.29. The van der Waals surface area contributed by atoms with Gasteiger partial charge in [0.2, 0.25) is 0 Å². The fraction of sp³-hybridized carbons (Fsp3) is 0.423. The summed E-state index contributed by atoms with van der Waals surface area (Å²) in [5.41, 5.74) is 3.46. The molecule has 0 fully saturated rings. The molecule has 0 spiro atoms. The minimum absolute atomic E-state index is 0.116. The standard InChI is InChI=1S/C26H32N2O2/c1-26(2,3)20-13-15-22(16-14-20)30-18-21(29)17-28-24-12-8-7-11-23(24)27-25(28)19-9-5-4-6-10-19/h4-5,7-8,11-16,19,21,29H,6,9-10,17-18H2,1-3H3/t19-,21-/m0/s1. The molecule has 158 valence electrons. The Morgan fingerprint density at radius 1 is 1.10 bits per heavy atom. The summed E-state index contributed by atoms with van der Waals surface area (Å²) in [6, 6.07) is 16.4. The molecule has 1 aromatic heterocycles. The second-order valence-electron chi connectivity index (χ2n) is 9.29. The topological polar surface area (TPSA) is 47.3 Å². The molecule has 1 heterocycles. The Hall–Kier alpha value is -2.59. The van der Waals surface area contributed by atoms with Crippen LogP contribution >= 0.6 is 0 Å². The Morgan fingerprint density at radius 3 is 2.57 bits per heavy atom. The van der Waals surface area contributed by atoms with Gasteiger partial charge in [-0.15, -0.1) is 0 Å². The highest BCUT2D eigenvalue weighted by atomic mass is 16.5. The number of benzene rings is 2. The first-order valence-corrected chi connectivity index (χ1v) is 10.9. The number of aliphatic hydroxyl groups excluding tert-OH is 1. The number of para-hydroxylation sites is 2. The number of ether oxygens (including phenoxy) is 1. The molecule has 0 saturated heterocycles. The monoisotopic (exact) mass is 404 g/mol. The summed E-state index contributed by atoms with van der Waals surface area (Å²) in [5, 5.41) is 10.8. The van der Waals surface area contributed by atoms with Crippen LogP contribution in [0, 0.1) is 0 Å². The van der Waals surface area contributed by atoms with E-state index in [0.717, 1.165) is 41.9 Å². The first kappa shape index (κ1) is 20.7. The van der Waals surface area contributed by atoms with Crippen LogP contribution in [-0.2, 0) is 12.0 Å². The number of hydrogen-bond acceptors (Lipinski definition) is 3. The number of allylic oxidation sites excluding steroid dienone is 2. The van der Waals surface area contributed by atoms with Gasteiger partial charge in [0, 0.05) is 5.92 Å². The van der Waals surface area contributed by atoms with Crippen molar-refractivity contribution in [1.82, 2.24) is 9.55 Å². The SMILES string of the molecule is CC(C)(C)c1ccc(OC[C@@H](O)Cn2c([C@H]3CC=CCC3)nc3ccccc32)cc1. The van der Waals surface area contributed by atoms with Crippen LogP contribution in [0.3, 0.4) is 0 Å². The first-order valence-electron chi connectivity index (χ1n) is 10.9. The summed E-state index contributed by atoms with van der Waals surface area (Å²) < 4.78 is 8.08. The number of aromatic nitrogens is 2. The average molecular weight is 405 g/mol. The number of fused-ring (bicyclic) bond motifs is 1. The lowest BCUT2D eigenvalue weighted by Crippen LogP contribution is -2.25. The molecule has 0 saturated carbocycles. The van der Waals surface area contributed by atoms with Crippen molar-refractivity contribution in [3.8, 4) is 5.75 Å². The third-order valence-electron chi connectivity index (χ3n) is 5.87. The van der Waals surface area contributed by atoms with Crippen LogP contribution in [0.25, 0.3) is 11.0 Å². The number of hydrogen-bond donors (Lipinski definition) is 1. The predicted molar refractivity (Wildman–Crippen MR) is 122 cm³/mol. The van der Waals surface area contributed by atoms with Gasteiger partial charge < -0.3 is 14.4 Å². The fourth-order valence-corrected chi connectivity index (χ4v) is 4.13. The fourth-order valence-electron chi connectivity index (χ4n) is 4.13. The second kappa shape index (κ2) is 8.65. The van der Waals surface area contributed by atoms with Gasteiger partial charge in [-0.1, -0.05) is 57.2 Å². The summed E-state index contributed by atoms with van der Waals surface area (Å²) in [4.78, 5) is 4.92. The van der Waals surface area contributed by atoms with Gasteiger partial charge in [0.25, 0.3) is 0 Å². The first-order chi connectivity index (χ1) is 14.4. The van der Waals surface area contributed by atoms with Crippen LogP contribution in [0.4, 0.5) is 0 Å². The molecular formula is C26H32N2O2. The molecule has 3 aromatic rings. The lowest BCUT2D eigenvalue weighted by atomic mass is 9.87.